The minimum atomic E-state index is -0.335. The van der Waals surface area contributed by atoms with Gasteiger partial charge in [0.25, 0.3) is 0 Å². The highest BCUT2D eigenvalue weighted by molar-refractivity contribution is 7.99. The monoisotopic (exact) mass is 249 g/mol. The van der Waals surface area contributed by atoms with Crippen molar-refractivity contribution in [2.45, 2.75) is 24.9 Å². The van der Waals surface area contributed by atoms with Gasteiger partial charge >= 0.3 is 0 Å². The summed E-state index contributed by atoms with van der Waals surface area (Å²) in [6, 6.07) is 6.17. The van der Waals surface area contributed by atoms with Crippen molar-refractivity contribution >= 4 is 28.7 Å². The Hall–Kier alpha value is -1.49. The predicted molar refractivity (Wildman–Crippen MR) is 70.1 cm³/mol. The van der Waals surface area contributed by atoms with Crippen LogP contribution in [0.15, 0.2) is 23.4 Å². The second-order valence-electron chi connectivity index (χ2n) is 4.23. The van der Waals surface area contributed by atoms with E-state index in [1.54, 1.807) is 0 Å². The van der Waals surface area contributed by atoms with Gasteiger partial charge in [0.1, 0.15) is 0 Å². The van der Waals surface area contributed by atoms with Crippen molar-refractivity contribution < 1.29 is 4.79 Å². The minimum Gasteiger partial charge on any atom is -0.369 e. The van der Waals surface area contributed by atoms with Gasteiger partial charge in [-0.2, -0.15) is 0 Å². The maximum absolute atomic E-state index is 10.7. The molecule has 1 amide bonds. The number of nitrogens with two attached hydrogens (primary N) is 1. The van der Waals surface area contributed by atoms with Crippen molar-refractivity contribution in [3.05, 3.63) is 23.8 Å². The summed E-state index contributed by atoms with van der Waals surface area (Å²) >= 11 is 1.33. The van der Waals surface area contributed by atoms with Crippen LogP contribution in [0, 0.1) is 0 Å². The molecule has 0 atom stereocenters. The number of benzene rings is 1. The van der Waals surface area contributed by atoms with Crippen LogP contribution in [0.2, 0.25) is 0 Å². The molecular weight excluding hydrogens is 234 g/mol. The molecule has 0 aliphatic heterocycles. The molecule has 1 aromatic heterocycles. The number of imidazole rings is 1. The molecule has 0 bridgehead atoms. The van der Waals surface area contributed by atoms with Crippen molar-refractivity contribution in [1.29, 1.82) is 0 Å². The topological polar surface area (TPSA) is 71.8 Å². The Labute approximate surface area is 104 Å². The fourth-order valence-corrected chi connectivity index (χ4v) is 2.19. The summed E-state index contributed by atoms with van der Waals surface area (Å²) in [6.07, 6.45) is 0. The second-order valence-corrected chi connectivity index (χ2v) is 5.19. The number of fused-ring (bicyclic) bond motifs is 1. The van der Waals surface area contributed by atoms with Crippen molar-refractivity contribution in [3.63, 3.8) is 0 Å². The number of hydrogen-bond acceptors (Lipinski definition) is 3. The molecule has 1 heterocycles. The standard InChI is InChI=1S/C12H15N3OS/c1-7(2)8-3-4-9-10(5-8)15-12(14-9)17-6-11(13)16/h3-5,7H,6H2,1-2H3,(H2,13,16)(H,14,15). The largest absolute Gasteiger partial charge is 0.369 e. The Morgan fingerprint density at radius 2 is 2.29 bits per heavy atom. The van der Waals surface area contributed by atoms with Gasteiger partial charge in [-0.05, 0) is 23.6 Å². The maximum atomic E-state index is 10.7. The van der Waals surface area contributed by atoms with Gasteiger partial charge in [-0.1, -0.05) is 31.7 Å². The van der Waals surface area contributed by atoms with Gasteiger partial charge in [0.15, 0.2) is 5.16 Å². The third-order valence-corrected chi connectivity index (χ3v) is 3.40. The quantitative estimate of drug-likeness (QED) is 0.816. The summed E-state index contributed by atoms with van der Waals surface area (Å²) in [5.41, 5.74) is 8.29. The molecule has 2 rings (SSSR count). The highest BCUT2D eigenvalue weighted by atomic mass is 32.2. The number of thioether (sulfide) groups is 1. The molecule has 0 radical (unpaired) electrons. The zero-order chi connectivity index (χ0) is 12.4. The van der Waals surface area contributed by atoms with Gasteiger partial charge in [0, 0.05) is 0 Å². The van der Waals surface area contributed by atoms with Gasteiger partial charge in [-0.25, -0.2) is 4.98 Å². The first-order chi connectivity index (χ1) is 8.06. The average Bonchev–Trinajstić information content (AvgIpc) is 2.67. The highest BCUT2D eigenvalue weighted by Crippen LogP contribution is 2.23. The molecule has 90 valence electrons. The molecule has 0 unspecified atom stereocenters. The molecule has 0 spiro atoms. The van der Waals surface area contributed by atoms with Crippen LogP contribution in [-0.4, -0.2) is 21.6 Å². The Morgan fingerprint density at radius 1 is 1.53 bits per heavy atom. The van der Waals surface area contributed by atoms with Crippen LogP contribution in [0.4, 0.5) is 0 Å². The van der Waals surface area contributed by atoms with Gasteiger partial charge in [-0.3, -0.25) is 4.79 Å². The molecule has 0 aliphatic rings. The number of amides is 1. The molecule has 0 aliphatic carbocycles. The fourth-order valence-electron chi connectivity index (χ4n) is 1.57. The number of H-pyrrole nitrogens is 1. The van der Waals surface area contributed by atoms with E-state index in [0.29, 0.717) is 5.92 Å². The van der Waals surface area contributed by atoms with E-state index in [0.717, 1.165) is 16.2 Å². The first kappa shape index (κ1) is 12.0. The molecule has 0 fully saturated rings. The number of aromatic nitrogens is 2. The van der Waals surface area contributed by atoms with E-state index in [2.05, 4.69) is 35.9 Å². The Morgan fingerprint density at radius 3 is 2.94 bits per heavy atom. The zero-order valence-corrected chi connectivity index (χ0v) is 10.7. The van der Waals surface area contributed by atoms with E-state index in [-0.39, 0.29) is 11.7 Å². The smallest absolute Gasteiger partial charge is 0.227 e. The van der Waals surface area contributed by atoms with E-state index in [1.807, 2.05) is 6.07 Å². The summed E-state index contributed by atoms with van der Waals surface area (Å²) in [6.45, 7) is 4.31. The molecule has 0 saturated carbocycles. The van der Waals surface area contributed by atoms with Crippen LogP contribution >= 0.6 is 11.8 Å². The first-order valence-electron chi connectivity index (χ1n) is 5.47. The van der Waals surface area contributed by atoms with E-state index in [9.17, 15) is 4.79 Å². The number of primary amides is 1. The van der Waals surface area contributed by atoms with Crippen LogP contribution in [0.1, 0.15) is 25.3 Å². The van der Waals surface area contributed by atoms with Crippen molar-refractivity contribution in [2.75, 3.05) is 5.75 Å². The average molecular weight is 249 g/mol. The van der Waals surface area contributed by atoms with E-state index in [4.69, 9.17) is 5.73 Å². The zero-order valence-electron chi connectivity index (χ0n) is 9.86. The number of carbonyl (C=O) groups excluding carboxylic acids is 1. The number of rotatable bonds is 4. The molecular formula is C12H15N3OS. The van der Waals surface area contributed by atoms with Crippen LogP contribution < -0.4 is 5.73 Å². The summed E-state index contributed by atoms with van der Waals surface area (Å²) in [4.78, 5) is 18.3. The number of nitrogens with one attached hydrogen (secondary N) is 1. The van der Waals surface area contributed by atoms with Gasteiger partial charge in [0.05, 0.1) is 16.8 Å². The highest BCUT2D eigenvalue weighted by Gasteiger charge is 2.07. The van der Waals surface area contributed by atoms with Crippen molar-refractivity contribution in [3.8, 4) is 0 Å². The minimum absolute atomic E-state index is 0.247. The molecule has 17 heavy (non-hydrogen) atoms. The molecule has 5 heteroatoms. The normalized spacial score (nSPS) is 11.2. The van der Waals surface area contributed by atoms with Gasteiger partial charge < -0.3 is 10.7 Å². The lowest BCUT2D eigenvalue weighted by molar-refractivity contribution is -0.115. The second kappa shape index (κ2) is 4.79. The number of carbonyl (C=O) groups is 1. The van der Waals surface area contributed by atoms with Crippen molar-refractivity contribution in [2.24, 2.45) is 5.73 Å². The molecule has 3 N–H and O–H groups in total. The summed E-state index contributed by atoms with van der Waals surface area (Å²) in [7, 11) is 0. The Bertz CT molecular complexity index is 548. The third kappa shape index (κ3) is 2.79. The van der Waals surface area contributed by atoms with Crippen LogP contribution in [-0.2, 0) is 4.79 Å². The Balaban J connectivity index is 2.27. The van der Waals surface area contributed by atoms with Gasteiger partial charge in [0.2, 0.25) is 5.91 Å². The molecule has 1 aromatic carbocycles. The number of nitrogens with zero attached hydrogens (tertiary/aromatic N) is 1. The lowest BCUT2D eigenvalue weighted by Gasteiger charge is -2.03. The fraction of sp³-hybridized carbons (Fsp3) is 0.333. The Kier molecular flexibility index (Phi) is 3.38. The molecule has 4 nitrogen and oxygen atoms in total. The third-order valence-electron chi connectivity index (χ3n) is 2.50. The van der Waals surface area contributed by atoms with Crippen LogP contribution in [0.3, 0.4) is 0 Å². The van der Waals surface area contributed by atoms with Crippen LogP contribution in [0.25, 0.3) is 11.0 Å². The first-order valence-corrected chi connectivity index (χ1v) is 6.45. The summed E-state index contributed by atoms with van der Waals surface area (Å²) < 4.78 is 0. The van der Waals surface area contributed by atoms with E-state index < -0.39 is 0 Å². The number of aromatic amines is 1. The summed E-state index contributed by atoms with van der Waals surface area (Å²) in [5, 5.41) is 0.736. The number of hydrogen-bond donors (Lipinski definition) is 2. The van der Waals surface area contributed by atoms with E-state index in [1.165, 1.54) is 17.3 Å². The molecule has 2 aromatic rings. The van der Waals surface area contributed by atoms with Crippen molar-refractivity contribution in [1.82, 2.24) is 9.97 Å². The maximum Gasteiger partial charge on any atom is 0.227 e. The molecule has 0 saturated heterocycles. The predicted octanol–water partition coefficient (Wildman–Crippen LogP) is 2.26. The van der Waals surface area contributed by atoms with Gasteiger partial charge in [-0.15, -0.1) is 0 Å². The SMILES string of the molecule is CC(C)c1ccc2nc(SCC(N)=O)[nH]c2c1. The summed E-state index contributed by atoms with van der Waals surface area (Å²) in [5.74, 6) is 0.402. The lowest BCUT2D eigenvalue weighted by atomic mass is 10.0. The van der Waals surface area contributed by atoms with E-state index >= 15 is 0 Å². The van der Waals surface area contributed by atoms with Crippen LogP contribution in [0.5, 0.6) is 0 Å². The lowest BCUT2D eigenvalue weighted by Crippen LogP contribution is -2.13.